The van der Waals surface area contributed by atoms with Gasteiger partial charge in [0, 0.05) is 37.3 Å². The van der Waals surface area contributed by atoms with Crippen LogP contribution in [0.15, 0.2) is 79.0 Å². The summed E-state index contributed by atoms with van der Waals surface area (Å²) in [6, 6.07) is 23.8. The van der Waals surface area contributed by atoms with Crippen molar-refractivity contribution in [2.45, 2.75) is 71.6 Å². The van der Waals surface area contributed by atoms with E-state index in [2.05, 4.69) is 30.2 Å². The van der Waals surface area contributed by atoms with Gasteiger partial charge in [0.2, 0.25) is 5.91 Å². The minimum absolute atomic E-state index is 0.0253. The molecule has 0 aliphatic heterocycles. The number of amides is 1. The summed E-state index contributed by atoms with van der Waals surface area (Å²) in [4.78, 5) is 41.3. The largest absolute Gasteiger partial charge is 0.491 e. The Kier molecular flexibility index (Phi) is 20.2. The van der Waals surface area contributed by atoms with Crippen molar-refractivity contribution in [3.8, 4) is 16.9 Å². The lowest BCUT2D eigenvalue weighted by Crippen LogP contribution is -2.30. The van der Waals surface area contributed by atoms with E-state index in [4.69, 9.17) is 23.7 Å². The van der Waals surface area contributed by atoms with Gasteiger partial charge in [0.05, 0.1) is 59.2 Å². The van der Waals surface area contributed by atoms with E-state index in [0.717, 1.165) is 70.3 Å². The lowest BCUT2D eigenvalue weighted by atomic mass is 9.89. The number of carboxylic acids is 1. The molecule has 0 aliphatic carbocycles. The Hall–Kier alpha value is -4.68. The fraction of sp³-hybridized carbons (Fsp3) is 0.478. The highest BCUT2D eigenvalue weighted by atomic mass is 16.6. The molecule has 4 rings (SSSR count). The molecule has 0 bridgehead atoms. The highest BCUT2D eigenvalue weighted by Crippen LogP contribution is 2.30. The molecular weight excluding hydrogens is 725 g/mol. The maximum absolute atomic E-state index is 12.8. The molecule has 0 saturated carbocycles. The van der Waals surface area contributed by atoms with Crippen LogP contribution in [0.4, 0.5) is 0 Å². The van der Waals surface area contributed by atoms with Gasteiger partial charge in [-0.3, -0.25) is 19.4 Å². The average Bonchev–Trinajstić information content (AvgIpc) is 3.19. The molecule has 4 aromatic rings. The number of aryl methyl sites for hydroxylation is 2. The second-order valence-corrected chi connectivity index (χ2v) is 14.7. The van der Waals surface area contributed by atoms with Gasteiger partial charge < -0.3 is 34.1 Å². The lowest BCUT2D eigenvalue weighted by molar-refractivity contribution is -0.137. The number of Topliss-reactive ketones (excluding diaryl/α,β-unsaturated/α-hetero) is 1. The number of carbonyl (C=O) groups excluding carboxylic acids is 2. The number of fused-ring (bicyclic) bond motifs is 1. The molecule has 0 fully saturated rings. The highest BCUT2D eigenvalue weighted by Gasteiger charge is 2.20. The van der Waals surface area contributed by atoms with Crippen LogP contribution in [0.2, 0.25) is 0 Å². The Labute approximate surface area is 337 Å². The van der Waals surface area contributed by atoms with Crippen LogP contribution in [0.1, 0.15) is 75.1 Å². The van der Waals surface area contributed by atoms with E-state index in [1.54, 1.807) is 6.20 Å². The van der Waals surface area contributed by atoms with Crippen molar-refractivity contribution >= 4 is 28.4 Å². The van der Waals surface area contributed by atoms with Crippen LogP contribution >= 0.6 is 0 Å². The summed E-state index contributed by atoms with van der Waals surface area (Å²) in [5.41, 5.74) is 4.92. The fourth-order valence-corrected chi connectivity index (χ4v) is 6.22. The van der Waals surface area contributed by atoms with E-state index in [1.165, 1.54) is 0 Å². The van der Waals surface area contributed by atoms with Crippen molar-refractivity contribution in [3.63, 3.8) is 0 Å². The van der Waals surface area contributed by atoms with Gasteiger partial charge in [0.1, 0.15) is 12.4 Å². The third-order valence-corrected chi connectivity index (χ3v) is 9.42. The van der Waals surface area contributed by atoms with Gasteiger partial charge in [0.15, 0.2) is 5.78 Å². The Morgan fingerprint density at radius 1 is 0.702 bits per heavy atom. The molecule has 0 aliphatic rings. The number of pyridine rings is 1. The number of nitrogens with zero attached hydrogens (tertiary/aromatic N) is 1. The maximum atomic E-state index is 12.8. The second kappa shape index (κ2) is 25.5. The average molecular weight is 785 g/mol. The number of carbonyl (C=O) groups is 3. The van der Waals surface area contributed by atoms with E-state index in [9.17, 15) is 19.5 Å². The van der Waals surface area contributed by atoms with Gasteiger partial charge >= 0.3 is 5.97 Å². The second-order valence-electron chi connectivity index (χ2n) is 14.7. The molecule has 1 heterocycles. The van der Waals surface area contributed by atoms with Crippen LogP contribution in [0.5, 0.6) is 5.75 Å². The first-order valence-electron chi connectivity index (χ1n) is 20.2. The molecule has 1 amide bonds. The minimum atomic E-state index is -0.980. The van der Waals surface area contributed by atoms with Gasteiger partial charge in [-0.15, -0.1) is 0 Å². The Morgan fingerprint density at radius 3 is 2.00 bits per heavy atom. The Bertz CT molecular complexity index is 1810. The van der Waals surface area contributed by atoms with Crippen LogP contribution in [-0.2, 0) is 39.8 Å². The molecule has 1 aromatic heterocycles. The number of ketones is 1. The maximum Gasteiger partial charge on any atom is 0.303 e. The van der Waals surface area contributed by atoms with Crippen LogP contribution < -0.4 is 10.1 Å². The summed E-state index contributed by atoms with van der Waals surface area (Å²) < 4.78 is 28.1. The van der Waals surface area contributed by atoms with Gasteiger partial charge in [-0.1, -0.05) is 56.3 Å². The van der Waals surface area contributed by atoms with E-state index in [1.807, 2.05) is 73.7 Å². The summed E-state index contributed by atoms with van der Waals surface area (Å²) in [6.45, 7) is 11.1. The van der Waals surface area contributed by atoms with Crippen molar-refractivity contribution in [2.24, 2.45) is 5.92 Å². The molecule has 0 spiro atoms. The summed E-state index contributed by atoms with van der Waals surface area (Å²) in [6.07, 6.45) is 5.33. The zero-order chi connectivity index (χ0) is 40.7. The fourth-order valence-electron chi connectivity index (χ4n) is 6.22. The first kappa shape index (κ1) is 45.0. The molecule has 0 saturated heterocycles. The van der Waals surface area contributed by atoms with Crippen LogP contribution in [-0.4, -0.2) is 93.8 Å². The molecule has 11 nitrogen and oxygen atoms in total. The van der Waals surface area contributed by atoms with Crippen molar-refractivity contribution in [1.29, 1.82) is 0 Å². The SMILES string of the molecule is Cc1ccnc(CCCCC(=O)NCC(=O)C[C@@H](CC(=O)O)c2ccc(-c3ccc4cc(OCCOCCOCCOCCOCCC(C)C)ccc4c3)cc2)c1. The number of benzene rings is 3. The number of nitrogens with one attached hydrogen (secondary N) is 1. The Balaban J connectivity index is 1.14. The minimum Gasteiger partial charge on any atom is -0.491 e. The van der Waals surface area contributed by atoms with E-state index >= 15 is 0 Å². The van der Waals surface area contributed by atoms with Crippen LogP contribution in [0.25, 0.3) is 21.9 Å². The van der Waals surface area contributed by atoms with Crippen molar-refractivity contribution < 1.29 is 43.2 Å². The molecule has 3 aromatic carbocycles. The zero-order valence-corrected chi connectivity index (χ0v) is 33.8. The summed E-state index contributed by atoms with van der Waals surface area (Å²) in [5.74, 6) is -0.467. The predicted molar refractivity (Wildman–Crippen MR) is 222 cm³/mol. The third kappa shape index (κ3) is 18.0. The highest BCUT2D eigenvalue weighted by molar-refractivity contribution is 5.89. The van der Waals surface area contributed by atoms with Crippen LogP contribution in [0.3, 0.4) is 0 Å². The van der Waals surface area contributed by atoms with Crippen molar-refractivity contribution in [2.75, 3.05) is 66.0 Å². The topological polar surface area (TPSA) is 143 Å². The number of rotatable bonds is 29. The monoisotopic (exact) mass is 784 g/mol. The number of aromatic nitrogens is 1. The molecule has 11 heteroatoms. The summed E-state index contributed by atoms with van der Waals surface area (Å²) >= 11 is 0. The normalized spacial score (nSPS) is 11.9. The molecule has 308 valence electrons. The predicted octanol–water partition coefficient (Wildman–Crippen LogP) is 7.75. The van der Waals surface area contributed by atoms with Crippen LogP contribution in [0, 0.1) is 12.8 Å². The summed E-state index contributed by atoms with van der Waals surface area (Å²) in [7, 11) is 0. The van der Waals surface area contributed by atoms with Gasteiger partial charge in [0.25, 0.3) is 0 Å². The van der Waals surface area contributed by atoms with Gasteiger partial charge in [-0.05, 0) is 102 Å². The van der Waals surface area contributed by atoms with E-state index in [0.29, 0.717) is 71.6 Å². The van der Waals surface area contributed by atoms with Gasteiger partial charge in [-0.25, -0.2) is 0 Å². The van der Waals surface area contributed by atoms with Gasteiger partial charge in [-0.2, -0.15) is 0 Å². The van der Waals surface area contributed by atoms with E-state index < -0.39 is 11.9 Å². The molecule has 0 radical (unpaired) electrons. The quantitative estimate of drug-likeness (QED) is 0.0525. The molecule has 1 atom stereocenters. The number of aliphatic carboxylic acids is 1. The molecule has 57 heavy (non-hydrogen) atoms. The molecule has 2 N–H and O–H groups in total. The zero-order valence-electron chi connectivity index (χ0n) is 33.8. The number of unbranched alkanes of at least 4 members (excludes halogenated alkanes) is 1. The molecular formula is C46H60N2O9. The first-order chi connectivity index (χ1) is 27.7. The third-order valence-electron chi connectivity index (χ3n) is 9.42. The number of carboxylic acid groups (broad SMARTS) is 1. The number of hydrogen-bond acceptors (Lipinski definition) is 9. The van der Waals surface area contributed by atoms with Crippen molar-refractivity contribution in [3.05, 3.63) is 95.8 Å². The number of ether oxygens (including phenoxy) is 5. The Morgan fingerprint density at radius 2 is 1.33 bits per heavy atom. The number of hydrogen-bond donors (Lipinski definition) is 2. The van der Waals surface area contributed by atoms with Crippen molar-refractivity contribution in [1.82, 2.24) is 10.3 Å². The first-order valence-corrected chi connectivity index (χ1v) is 20.2. The molecule has 0 unspecified atom stereocenters. The standard InChI is InChI=1S/C46H60N2O9/c1-34(2)17-19-53-20-21-54-22-23-55-24-25-56-26-27-57-44-15-14-39-29-38(12-13-40(39)31-44)36-8-10-37(11-9-36)41(32-46(51)52)30-43(49)33-48-45(50)7-5-4-6-42-28-35(3)16-18-47-42/h8-16,18,28-29,31,34,41H,4-7,17,19-27,30,32-33H2,1-3H3,(H,48,50)(H,51,52)/t41-/m0/s1. The summed E-state index contributed by atoms with van der Waals surface area (Å²) in [5, 5.41) is 14.4. The lowest BCUT2D eigenvalue weighted by Gasteiger charge is -2.16. The van der Waals surface area contributed by atoms with E-state index in [-0.39, 0.29) is 31.1 Å². The smallest absolute Gasteiger partial charge is 0.303 e.